The SMILES string of the molecule is COc1ccc(OCC(O)CNC(C)c2ccc(-n3cnnn3)cc2)cc1. The van der Waals surface area contributed by atoms with Crippen LogP contribution < -0.4 is 14.8 Å². The Morgan fingerprint density at radius 2 is 1.78 bits per heavy atom. The molecule has 3 rings (SSSR count). The van der Waals surface area contributed by atoms with Gasteiger partial charge in [0.2, 0.25) is 0 Å². The maximum absolute atomic E-state index is 10.1. The van der Waals surface area contributed by atoms with E-state index in [2.05, 4.69) is 20.8 Å². The zero-order chi connectivity index (χ0) is 19.1. The molecule has 3 aromatic rings. The van der Waals surface area contributed by atoms with Crippen LogP contribution in [0.1, 0.15) is 18.5 Å². The van der Waals surface area contributed by atoms with Crippen molar-refractivity contribution in [1.82, 2.24) is 25.5 Å². The molecule has 2 N–H and O–H groups in total. The third-order valence-electron chi connectivity index (χ3n) is 4.17. The number of aliphatic hydroxyl groups is 1. The van der Waals surface area contributed by atoms with E-state index in [0.29, 0.717) is 12.3 Å². The maximum Gasteiger partial charge on any atom is 0.143 e. The van der Waals surface area contributed by atoms with Crippen molar-refractivity contribution < 1.29 is 14.6 Å². The summed E-state index contributed by atoms with van der Waals surface area (Å²) < 4.78 is 12.3. The highest BCUT2D eigenvalue weighted by Crippen LogP contribution is 2.17. The van der Waals surface area contributed by atoms with Gasteiger partial charge in [0.15, 0.2) is 0 Å². The summed E-state index contributed by atoms with van der Waals surface area (Å²) in [5, 5.41) is 24.6. The fourth-order valence-corrected chi connectivity index (χ4v) is 2.55. The Morgan fingerprint density at radius 3 is 2.41 bits per heavy atom. The molecule has 0 radical (unpaired) electrons. The van der Waals surface area contributed by atoms with Crippen LogP contribution in [0.25, 0.3) is 5.69 Å². The third-order valence-corrected chi connectivity index (χ3v) is 4.17. The van der Waals surface area contributed by atoms with Gasteiger partial charge in [0, 0.05) is 12.6 Å². The summed E-state index contributed by atoms with van der Waals surface area (Å²) in [7, 11) is 1.62. The second-order valence-corrected chi connectivity index (χ2v) is 6.12. The number of methoxy groups -OCH3 is 1. The smallest absolute Gasteiger partial charge is 0.143 e. The molecule has 2 atom stereocenters. The second kappa shape index (κ2) is 9.11. The van der Waals surface area contributed by atoms with Gasteiger partial charge in [-0.05, 0) is 59.3 Å². The Labute approximate surface area is 157 Å². The van der Waals surface area contributed by atoms with Crippen LogP contribution in [0.15, 0.2) is 54.9 Å². The van der Waals surface area contributed by atoms with Crippen LogP contribution in [-0.2, 0) is 0 Å². The van der Waals surface area contributed by atoms with E-state index < -0.39 is 6.10 Å². The van der Waals surface area contributed by atoms with Gasteiger partial charge in [0.05, 0.1) is 12.8 Å². The summed E-state index contributed by atoms with van der Waals surface area (Å²) in [5.41, 5.74) is 2.00. The molecule has 8 nitrogen and oxygen atoms in total. The first kappa shape index (κ1) is 18.8. The number of benzene rings is 2. The molecule has 0 fully saturated rings. The number of nitrogens with one attached hydrogen (secondary N) is 1. The van der Waals surface area contributed by atoms with Crippen LogP contribution in [-0.4, -0.2) is 51.7 Å². The molecular weight excluding hydrogens is 346 g/mol. The van der Waals surface area contributed by atoms with Crippen molar-refractivity contribution in [2.75, 3.05) is 20.3 Å². The van der Waals surface area contributed by atoms with Gasteiger partial charge < -0.3 is 19.9 Å². The van der Waals surface area contributed by atoms with E-state index in [9.17, 15) is 5.11 Å². The Hall–Kier alpha value is -2.97. The number of aliphatic hydroxyl groups excluding tert-OH is 1. The average molecular weight is 369 g/mol. The molecule has 8 heteroatoms. The highest BCUT2D eigenvalue weighted by molar-refractivity contribution is 5.34. The van der Waals surface area contributed by atoms with E-state index in [4.69, 9.17) is 9.47 Å². The zero-order valence-electron chi connectivity index (χ0n) is 15.3. The van der Waals surface area contributed by atoms with Crippen LogP contribution in [0, 0.1) is 0 Å². The molecule has 1 aromatic heterocycles. The van der Waals surface area contributed by atoms with E-state index >= 15 is 0 Å². The van der Waals surface area contributed by atoms with Crippen molar-refractivity contribution in [3.63, 3.8) is 0 Å². The van der Waals surface area contributed by atoms with Gasteiger partial charge in [-0.25, -0.2) is 4.68 Å². The Kier molecular flexibility index (Phi) is 6.35. The van der Waals surface area contributed by atoms with Crippen molar-refractivity contribution in [1.29, 1.82) is 0 Å². The molecule has 0 spiro atoms. The number of rotatable bonds is 9. The van der Waals surface area contributed by atoms with Crippen LogP contribution in [0.5, 0.6) is 11.5 Å². The van der Waals surface area contributed by atoms with Gasteiger partial charge in [-0.1, -0.05) is 12.1 Å². The summed E-state index contributed by atoms with van der Waals surface area (Å²) in [6.07, 6.45) is 0.936. The highest BCUT2D eigenvalue weighted by Gasteiger charge is 2.10. The zero-order valence-corrected chi connectivity index (χ0v) is 15.3. The first-order chi connectivity index (χ1) is 13.2. The fourth-order valence-electron chi connectivity index (χ4n) is 2.55. The standard InChI is InChI=1S/C19H23N5O3/c1-14(15-3-5-16(6-4-15)24-13-21-22-23-24)20-11-17(25)12-27-19-9-7-18(26-2)8-10-19/h3-10,13-14,17,20,25H,11-12H2,1-2H3. The lowest BCUT2D eigenvalue weighted by Crippen LogP contribution is -2.33. The molecule has 1 heterocycles. The number of hydrogen-bond acceptors (Lipinski definition) is 7. The quantitative estimate of drug-likeness (QED) is 0.593. The Bertz CT molecular complexity index is 806. The number of ether oxygens (including phenoxy) is 2. The molecule has 0 aliphatic heterocycles. The topological polar surface area (TPSA) is 94.3 Å². The van der Waals surface area contributed by atoms with Crippen LogP contribution in [0.3, 0.4) is 0 Å². The maximum atomic E-state index is 10.1. The molecule has 0 saturated heterocycles. The Morgan fingerprint density at radius 1 is 1.07 bits per heavy atom. The van der Waals surface area contributed by atoms with E-state index in [-0.39, 0.29) is 12.6 Å². The molecule has 0 aliphatic rings. The minimum atomic E-state index is -0.616. The summed E-state index contributed by atoms with van der Waals surface area (Å²) in [5.74, 6) is 1.46. The number of nitrogens with zero attached hydrogens (tertiary/aromatic N) is 4. The monoisotopic (exact) mass is 369 g/mol. The fraction of sp³-hybridized carbons (Fsp3) is 0.316. The number of aromatic nitrogens is 4. The van der Waals surface area contributed by atoms with Crippen molar-refractivity contribution in [2.24, 2.45) is 0 Å². The van der Waals surface area contributed by atoms with Crippen molar-refractivity contribution in [3.8, 4) is 17.2 Å². The van der Waals surface area contributed by atoms with Gasteiger partial charge >= 0.3 is 0 Å². The molecule has 0 aliphatic carbocycles. The minimum Gasteiger partial charge on any atom is -0.497 e. The van der Waals surface area contributed by atoms with Crippen molar-refractivity contribution in [3.05, 3.63) is 60.4 Å². The molecule has 0 amide bonds. The molecule has 2 aromatic carbocycles. The van der Waals surface area contributed by atoms with E-state index in [1.165, 1.54) is 0 Å². The third kappa shape index (κ3) is 5.25. The highest BCUT2D eigenvalue weighted by atomic mass is 16.5. The first-order valence-electron chi connectivity index (χ1n) is 8.67. The Balaban J connectivity index is 1.44. The molecular formula is C19H23N5O3. The molecule has 0 bridgehead atoms. The lowest BCUT2D eigenvalue weighted by molar-refractivity contribution is 0.104. The summed E-state index contributed by atoms with van der Waals surface area (Å²) in [4.78, 5) is 0. The van der Waals surface area contributed by atoms with E-state index in [0.717, 1.165) is 17.0 Å². The lowest BCUT2D eigenvalue weighted by Gasteiger charge is -2.18. The van der Waals surface area contributed by atoms with Gasteiger partial charge in [-0.2, -0.15) is 0 Å². The predicted molar refractivity (Wildman–Crippen MR) is 100 cm³/mol. The van der Waals surface area contributed by atoms with Gasteiger partial charge in [-0.15, -0.1) is 5.10 Å². The van der Waals surface area contributed by atoms with Crippen LogP contribution >= 0.6 is 0 Å². The molecule has 142 valence electrons. The first-order valence-corrected chi connectivity index (χ1v) is 8.67. The normalized spacial score (nSPS) is 13.1. The number of tetrazole rings is 1. The van der Waals surface area contributed by atoms with Crippen LogP contribution in [0.4, 0.5) is 0 Å². The molecule has 0 saturated carbocycles. The van der Waals surface area contributed by atoms with Crippen LogP contribution in [0.2, 0.25) is 0 Å². The van der Waals surface area contributed by atoms with Gasteiger partial charge in [0.1, 0.15) is 30.5 Å². The van der Waals surface area contributed by atoms with E-state index in [1.54, 1.807) is 18.1 Å². The van der Waals surface area contributed by atoms with Gasteiger partial charge in [-0.3, -0.25) is 0 Å². The second-order valence-electron chi connectivity index (χ2n) is 6.12. The average Bonchev–Trinajstić information content (AvgIpc) is 3.26. The van der Waals surface area contributed by atoms with E-state index in [1.807, 2.05) is 55.5 Å². The minimum absolute atomic E-state index is 0.0866. The van der Waals surface area contributed by atoms with Crippen molar-refractivity contribution >= 4 is 0 Å². The van der Waals surface area contributed by atoms with Gasteiger partial charge in [0.25, 0.3) is 0 Å². The van der Waals surface area contributed by atoms with Crippen molar-refractivity contribution in [2.45, 2.75) is 19.1 Å². The largest absolute Gasteiger partial charge is 0.497 e. The summed E-state index contributed by atoms with van der Waals surface area (Å²) in [6, 6.07) is 15.3. The molecule has 27 heavy (non-hydrogen) atoms. The number of hydrogen-bond donors (Lipinski definition) is 2. The molecule has 2 unspecified atom stereocenters. The predicted octanol–water partition coefficient (Wildman–Crippen LogP) is 1.76. The lowest BCUT2D eigenvalue weighted by atomic mass is 10.1. The summed E-state index contributed by atoms with van der Waals surface area (Å²) >= 11 is 0. The summed E-state index contributed by atoms with van der Waals surface area (Å²) in [6.45, 7) is 2.68.